The molecule has 0 spiro atoms. The number of nitrogens with zero attached hydrogens (tertiary/aromatic N) is 2. The smallest absolute Gasteiger partial charge is 0.251 e. The van der Waals surface area contributed by atoms with Crippen LogP contribution in [0.3, 0.4) is 0 Å². The Morgan fingerprint density at radius 2 is 1.67 bits per heavy atom. The number of halogens is 1. The van der Waals surface area contributed by atoms with Crippen molar-refractivity contribution >= 4 is 27.7 Å². The highest BCUT2D eigenvalue weighted by Gasteiger charge is 2.26. The number of piperazine rings is 1. The van der Waals surface area contributed by atoms with Gasteiger partial charge in [-0.25, -0.2) is 0 Å². The summed E-state index contributed by atoms with van der Waals surface area (Å²) in [4.78, 5) is 29.0. The molecule has 1 aliphatic heterocycles. The monoisotopic (exact) mass is 395 g/mol. The number of carbonyl (C=O) groups is 2. The van der Waals surface area contributed by atoms with Crippen LogP contribution in [0.25, 0.3) is 0 Å². The second-order valence-corrected chi connectivity index (χ2v) is 7.64. The topological polar surface area (TPSA) is 52.6 Å². The van der Waals surface area contributed by atoms with Crippen LogP contribution in [0.5, 0.6) is 0 Å². The second-order valence-electron chi connectivity index (χ2n) is 6.72. The molecule has 24 heavy (non-hydrogen) atoms. The van der Waals surface area contributed by atoms with Crippen LogP contribution in [0, 0.1) is 5.92 Å². The lowest BCUT2D eigenvalue weighted by atomic mass is 10.1. The zero-order valence-corrected chi connectivity index (χ0v) is 16.2. The molecule has 0 aromatic heterocycles. The molecule has 2 rings (SSSR count). The van der Waals surface area contributed by atoms with Gasteiger partial charge in [-0.15, -0.1) is 0 Å². The Bertz CT molecular complexity index is 566. The summed E-state index contributed by atoms with van der Waals surface area (Å²) in [5.74, 6) is 0.405. The summed E-state index contributed by atoms with van der Waals surface area (Å²) >= 11 is 3.34. The molecule has 0 bridgehead atoms. The maximum Gasteiger partial charge on any atom is 0.251 e. The van der Waals surface area contributed by atoms with Crippen LogP contribution in [-0.2, 0) is 4.79 Å². The van der Waals surface area contributed by atoms with Gasteiger partial charge in [0.2, 0.25) is 5.91 Å². The molecular weight excluding hydrogens is 370 g/mol. The van der Waals surface area contributed by atoms with Gasteiger partial charge in [0.05, 0.1) is 0 Å². The van der Waals surface area contributed by atoms with E-state index in [0.29, 0.717) is 11.5 Å². The van der Waals surface area contributed by atoms with E-state index in [-0.39, 0.29) is 11.8 Å². The number of amides is 2. The third kappa shape index (κ3) is 5.31. The van der Waals surface area contributed by atoms with E-state index >= 15 is 0 Å². The summed E-state index contributed by atoms with van der Waals surface area (Å²) in [6, 6.07) is 6.59. The van der Waals surface area contributed by atoms with Gasteiger partial charge < -0.3 is 10.2 Å². The predicted octanol–water partition coefficient (Wildman–Crippen LogP) is 2.37. The largest absolute Gasteiger partial charge is 0.341 e. The first-order valence-electron chi connectivity index (χ1n) is 8.44. The minimum Gasteiger partial charge on any atom is -0.341 e. The highest BCUT2D eigenvalue weighted by molar-refractivity contribution is 9.10. The number of rotatable bonds is 5. The van der Waals surface area contributed by atoms with Crippen molar-refractivity contribution in [3.63, 3.8) is 0 Å². The van der Waals surface area contributed by atoms with Gasteiger partial charge in [0, 0.05) is 42.8 Å². The Balaban J connectivity index is 1.84. The molecule has 5 nitrogen and oxygen atoms in total. The van der Waals surface area contributed by atoms with E-state index in [4.69, 9.17) is 0 Å². The molecule has 1 N–H and O–H groups in total. The standard InChI is InChI=1S/C18H26BrN3O2/c1-13(2)12-21-8-10-22(11-9-21)18(24)14(3)20-17(23)15-4-6-16(19)7-5-15/h4-7,13-14H,8-12H2,1-3H3,(H,20,23). The van der Waals surface area contributed by atoms with Crippen LogP contribution in [-0.4, -0.2) is 60.4 Å². The zero-order chi connectivity index (χ0) is 17.7. The SMILES string of the molecule is CC(C)CN1CCN(C(=O)C(C)NC(=O)c2ccc(Br)cc2)CC1. The van der Waals surface area contributed by atoms with Gasteiger partial charge in [-0.05, 0) is 37.1 Å². The third-order valence-electron chi connectivity index (χ3n) is 4.13. The van der Waals surface area contributed by atoms with E-state index in [2.05, 4.69) is 40.0 Å². The highest BCUT2D eigenvalue weighted by Crippen LogP contribution is 2.11. The molecule has 1 heterocycles. The average Bonchev–Trinajstić information content (AvgIpc) is 2.54. The van der Waals surface area contributed by atoms with Gasteiger partial charge in [-0.1, -0.05) is 29.8 Å². The lowest BCUT2D eigenvalue weighted by Gasteiger charge is -2.36. The van der Waals surface area contributed by atoms with Crippen LogP contribution < -0.4 is 5.32 Å². The summed E-state index contributed by atoms with van der Waals surface area (Å²) in [6.07, 6.45) is 0. The zero-order valence-electron chi connectivity index (χ0n) is 14.6. The molecule has 1 fully saturated rings. The molecule has 1 aliphatic rings. The summed E-state index contributed by atoms with van der Waals surface area (Å²) in [7, 11) is 0. The molecule has 132 valence electrons. The molecule has 0 radical (unpaired) electrons. The number of hydrogen-bond acceptors (Lipinski definition) is 3. The third-order valence-corrected chi connectivity index (χ3v) is 4.66. The minimum absolute atomic E-state index is 0.00958. The number of nitrogens with one attached hydrogen (secondary N) is 1. The Hall–Kier alpha value is -1.40. The molecule has 0 saturated carbocycles. The van der Waals surface area contributed by atoms with Crippen LogP contribution in [0.1, 0.15) is 31.1 Å². The van der Waals surface area contributed by atoms with Gasteiger partial charge in [0.15, 0.2) is 0 Å². The molecule has 1 aromatic rings. The van der Waals surface area contributed by atoms with E-state index in [1.165, 1.54) is 0 Å². The fourth-order valence-electron chi connectivity index (χ4n) is 2.88. The van der Waals surface area contributed by atoms with Crippen molar-refractivity contribution in [1.82, 2.24) is 15.1 Å². The fraction of sp³-hybridized carbons (Fsp3) is 0.556. The Labute approximate surface area is 152 Å². The van der Waals surface area contributed by atoms with E-state index in [1.54, 1.807) is 19.1 Å². The number of hydrogen-bond donors (Lipinski definition) is 1. The van der Waals surface area contributed by atoms with Crippen LogP contribution in [0.2, 0.25) is 0 Å². The first-order valence-corrected chi connectivity index (χ1v) is 9.23. The molecule has 1 aromatic carbocycles. The molecular formula is C18H26BrN3O2. The normalized spacial score (nSPS) is 17.0. The Kier molecular flexibility index (Phi) is 6.80. The summed E-state index contributed by atoms with van der Waals surface area (Å²) in [5.41, 5.74) is 0.555. The van der Waals surface area contributed by atoms with Crippen molar-refractivity contribution in [1.29, 1.82) is 0 Å². The van der Waals surface area contributed by atoms with E-state index in [0.717, 1.165) is 37.2 Å². The van der Waals surface area contributed by atoms with Crippen molar-refractivity contribution in [2.75, 3.05) is 32.7 Å². The average molecular weight is 396 g/mol. The number of carbonyl (C=O) groups excluding carboxylic acids is 2. The lowest BCUT2D eigenvalue weighted by molar-refractivity contribution is -0.134. The predicted molar refractivity (Wildman–Crippen MR) is 98.9 cm³/mol. The van der Waals surface area contributed by atoms with E-state index < -0.39 is 6.04 Å². The van der Waals surface area contributed by atoms with Gasteiger partial charge >= 0.3 is 0 Å². The molecule has 0 aliphatic carbocycles. The van der Waals surface area contributed by atoms with Crippen molar-refractivity contribution in [3.8, 4) is 0 Å². The first kappa shape index (κ1) is 18.9. The molecule has 1 unspecified atom stereocenters. The Morgan fingerprint density at radius 3 is 2.21 bits per heavy atom. The highest BCUT2D eigenvalue weighted by atomic mass is 79.9. The molecule has 2 amide bonds. The molecule has 1 atom stereocenters. The molecule has 6 heteroatoms. The first-order chi connectivity index (χ1) is 11.4. The van der Waals surface area contributed by atoms with Crippen LogP contribution in [0.4, 0.5) is 0 Å². The van der Waals surface area contributed by atoms with Crippen LogP contribution >= 0.6 is 15.9 Å². The summed E-state index contributed by atoms with van der Waals surface area (Å²) in [6.45, 7) is 10.5. The van der Waals surface area contributed by atoms with Crippen molar-refractivity contribution in [2.24, 2.45) is 5.92 Å². The Morgan fingerprint density at radius 1 is 1.08 bits per heavy atom. The van der Waals surface area contributed by atoms with Gasteiger partial charge in [-0.3, -0.25) is 14.5 Å². The summed E-state index contributed by atoms with van der Waals surface area (Å²) in [5, 5.41) is 2.80. The van der Waals surface area contributed by atoms with E-state index in [9.17, 15) is 9.59 Å². The molecule has 1 saturated heterocycles. The van der Waals surface area contributed by atoms with Crippen molar-refractivity contribution in [2.45, 2.75) is 26.8 Å². The maximum atomic E-state index is 12.5. The minimum atomic E-state index is -0.516. The van der Waals surface area contributed by atoms with E-state index in [1.807, 2.05) is 17.0 Å². The van der Waals surface area contributed by atoms with Gasteiger partial charge in [0.25, 0.3) is 5.91 Å². The van der Waals surface area contributed by atoms with Crippen LogP contribution in [0.15, 0.2) is 28.7 Å². The van der Waals surface area contributed by atoms with Crippen molar-refractivity contribution in [3.05, 3.63) is 34.3 Å². The fourth-order valence-corrected chi connectivity index (χ4v) is 3.15. The lowest BCUT2D eigenvalue weighted by Crippen LogP contribution is -2.54. The second kappa shape index (κ2) is 8.62. The van der Waals surface area contributed by atoms with Gasteiger partial charge in [0.1, 0.15) is 6.04 Å². The van der Waals surface area contributed by atoms with Crippen molar-refractivity contribution < 1.29 is 9.59 Å². The maximum absolute atomic E-state index is 12.5. The quantitative estimate of drug-likeness (QED) is 0.832. The summed E-state index contributed by atoms with van der Waals surface area (Å²) < 4.78 is 0.919. The number of benzene rings is 1. The van der Waals surface area contributed by atoms with Gasteiger partial charge in [-0.2, -0.15) is 0 Å².